The van der Waals surface area contributed by atoms with Crippen LogP contribution in [0.25, 0.3) is 0 Å². The lowest BCUT2D eigenvalue weighted by atomic mass is 10.2. The van der Waals surface area contributed by atoms with Crippen LogP contribution in [0.3, 0.4) is 0 Å². The minimum atomic E-state index is -3.79. The van der Waals surface area contributed by atoms with Gasteiger partial charge in [0.2, 0.25) is 10.0 Å². The third-order valence-electron chi connectivity index (χ3n) is 4.07. The maximum absolute atomic E-state index is 12.6. The van der Waals surface area contributed by atoms with Crippen LogP contribution in [-0.4, -0.2) is 34.2 Å². The van der Waals surface area contributed by atoms with Crippen molar-refractivity contribution in [3.63, 3.8) is 0 Å². The van der Waals surface area contributed by atoms with E-state index in [2.05, 4.69) is 4.72 Å². The summed E-state index contributed by atoms with van der Waals surface area (Å²) in [5, 5.41) is 0. The van der Waals surface area contributed by atoms with Crippen LogP contribution >= 0.6 is 0 Å². The summed E-state index contributed by atoms with van der Waals surface area (Å²) in [6, 6.07) is 12.4. The first-order valence-electron chi connectivity index (χ1n) is 8.46. The van der Waals surface area contributed by atoms with Crippen LogP contribution in [0.2, 0.25) is 0 Å². The summed E-state index contributed by atoms with van der Waals surface area (Å²) in [5.41, 5.74) is 1.24. The van der Waals surface area contributed by atoms with Crippen molar-refractivity contribution in [3.05, 3.63) is 54.1 Å². The Morgan fingerprint density at radius 2 is 1.46 bits per heavy atom. The smallest absolute Gasteiger partial charge is 0.261 e. The van der Waals surface area contributed by atoms with E-state index in [4.69, 9.17) is 0 Å². The fourth-order valence-electron chi connectivity index (χ4n) is 2.55. The van der Waals surface area contributed by atoms with E-state index >= 15 is 0 Å². The van der Waals surface area contributed by atoms with E-state index in [9.17, 15) is 16.8 Å². The van der Waals surface area contributed by atoms with Gasteiger partial charge in [-0.1, -0.05) is 39.0 Å². The first-order chi connectivity index (χ1) is 12.2. The summed E-state index contributed by atoms with van der Waals surface area (Å²) in [5.74, 6) is 0. The van der Waals surface area contributed by atoms with Gasteiger partial charge in [-0.25, -0.2) is 16.8 Å². The van der Waals surface area contributed by atoms with Gasteiger partial charge >= 0.3 is 0 Å². The van der Waals surface area contributed by atoms with Crippen molar-refractivity contribution in [2.24, 2.45) is 0 Å². The largest absolute Gasteiger partial charge is 0.280 e. The summed E-state index contributed by atoms with van der Waals surface area (Å²) in [7, 11) is -7.44. The Bertz CT molecular complexity index is 949. The van der Waals surface area contributed by atoms with E-state index in [1.54, 1.807) is 26.0 Å². The molecule has 0 atom stereocenters. The molecule has 0 radical (unpaired) electrons. The second-order valence-electron chi connectivity index (χ2n) is 5.72. The van der Waals surface area contributed by atoms with Gasteiger partial charge in [0.15, 0.2) is 0 Å². The third-order valence-corrected chi connectivity index (χ3v) is 7.51. The average molecular weight is 397 g/mol. The minimum absolute atomic E-state index is 0.0581. The van der Waals surface area contributed by atoms with Gasteiger partial charge in [-0.3, -0.25) is 4.72 Å². The van der Waals surface area contributed by atoms with E-state index in [-0.39, 0.29) is 15.5 Å². The fourth-order valence-corrected chi connectivity index (χ4v) is 5.10. The van der Waals surface area contributed by atoms with E-state index in [1.807, 2.05) is 6.92 Å². The average Bonchev–Trinajstić information content (AvgIpc) is 2.62. The van der Waals surface area contributed by atoms with Gasteiger partial charge in [0.25, 0.3) is 10.0 Å². The predicted octanol–water partition coefficient (Wildman–Crippen LogP) is 3.08. The van der Waals surface area contributed by atoms with Gasteiger partial charge < -0.3 is 0 Å². The van der Waals surface area contributed by atoms with Crippen LogP contribution < -0.4 is 4.72 Å². The molecule has 0 heterocycles. The molecule has 6 nitrogen and oxygen atoms in total. The molecule has 0 amide bonds. The van der Waals surface area contributed by atoms with Crippen molar-refractivity contribution in [2.75, 3.05) is 17.8 Å². The predicted molar refractivity (Wildman–Crippen MR) is 103 cm³/mol. The molecule has 0 saturated heterocycles. The number of nitrogens with one attached hydrogen (secondary N) is 1. The molecule has 0 aromatic heterocycles. The standard InChI is InChI=1S/C18H24N2O4S2/c1-4-15-10-12-17(13-11-15)25(21,22)19-16-8-7-9-18(14-16)26(23,24)20(5-2)6-3/h7-14,19H,4-6H2,1-3H3. The first-order valence-corrected chi connectivity index (χ1v) is 11.4. The Balaban J connectivity index is 2.33. The highest BCUT2D eigenvalue weighted by Crippen LogP contribution is 2.22. The molecule has 0 saturated carbocycles. The molecule has 0 aliphatic heterocycles. The molecule has 0 aliphatic carbocycles. The molecule has 0 fully saturated rings. The van der Waals surface area contributed by atoms with Gasteiger partial charge in [0, 0.05) is 13.1 Å². The summed E-state index contributed by atoms with van der Waals surface area (Å²) < 4.78 is 54.1. The van der Waals surface area contributed by atoms with Crippen molar-refractivity contribution in [2.45, 2.75) is 37.0 Å². The van der Waals surface area contributed by atoms with Crippen LogP contribution in [0.15, 0.2) is 58.3 Å². The molecule has 26 heavy (non-hydrogen) atoms. The Labute approximate surface area is 156 Å². The number of benzene rings is 2. The number of nitrogens with zero attached hydrogens (tertiary/aromatic N) is 1. The number of aryl methyl sites for hydroxylation is 1. The van der Waals surface area contributed by atoms with Gasteiger partial charge in [-0.05, 0) is 42.3 Å². The highest BCUT2D eigenvalue weighted by Gasteiger charge is 2.22. The van der Waals surface area contributed by atoms with Gasteiger partial charge in [0.05, 0.1) is 15.5 Å². The summed E-state index contributed by atoms with van der Waals surface area (Å²) in [6.45, 7) is 6.20. The van der Waals surface area contributed by atoms with Gasteiger partial charge in [-0.15, -0.1) is 0 Å². The van der Waals surface area contributed by atoms with E-state index < -0.39 is 20.0 Å². The molecule has 0 bridgehead atoms. The zero-order chi connectivity index (χ0) is 19.4. The van der Waals surface area contributed by atoms with Crippen LogP contribution in [0.1, 0.15) is 26.3 Å². The summed E-state index contributed by atoms with van der Waals surface area (Å²) in [4.78, 5) is 0.189. The third kappa shape index (κ3) is 4.44. The fraction of sp³-hybridized carbons (Fsp3) is 0.333. The van der Waals surface area contributed by atoms with Crippen molar-refractivity contribution in [3.8, 4) is 0 Å². The second-order valence-corrected chi connectivity index (χ2v) is 9.34. The highest BCUT2D eigenvalue weighted by molar-refractivity contribution is 7.92. The van der Waals surface area contributed by atoms with E-state index in [0.717, 1.165) is 12.0 Å². The molecule has 2 aromatic carbocycles. The zero-order valence-electron chi connectivity index (χ0n) is 15.1. The van der Waals surface area contributed by atoms with Crippen molar-refractivity contribution >= 4 is 25.7 Å². The Hall–Kier alpha value is -1.90. The van der Waals surface area contributed by atoms with Crippen molar-refractivity contribution < 1.29 is 16.8 Å². The quantitative estimate of drug-likeness (QED) is 0.743. The van der Waals surface area contributed by atoms with Gasteiger partial charge in [-0.2, -0.15) is 4.31 Å². The highest BCUT2D eigenvalue weighted by atomic mass is 32.2. The lowest BCUT2D eigenvalue weighted by Gasteiger charge is -2.19. The minimum Gasteiger partial charge on any atom is -0.280 e. The van der Waals surface area contributed by atoms with Crippen LogP contribution in [-0.2, 0) is 26.5 Å². The Kier molecular flexibility index (Phi) is 6.44. The second kappa shape index (κ2) is 8.20. The van der Waals surface area contributed by atoms with Crippen molar-refractivity contribution in [1.82, 2.24) is 4.31 Å². The molecular weight excluding hydrogens is 372 g/mol. The number of hydrogen-bond donors (Lipinski definition) is 1. The lowest BCUT2D eigenvalue weighted by Crippen LogP contribution is -2.30. The van der Waals surface area contributed by atoms with E-state index in [0.29, 0.717) is 13.1 Å². The van der Waals surface area contributed by atoms with Crippen LogP contribution in [0.5, 0.6) is 0 Å². The maximum atomic E-state index is 12.6. The SMILES string of the molecule is CCc1ccc(S(=O)(=O)Nc2cccc(S(=O)(=O)N(CC)CC)c2)cc1. The van der Waals surface area contributed by atoms with Gasteiger partial charge in [0.1, 0.15) is 0 Å². The van der Waals surface area contributed by atoms with Crippen LogP contribution in [0, 0.1) is 0 Å². The maximum Gasteiger partial charge on any atom is 0.261 e. The molecule has 0 spiro atoms. The van der Waals surface area contributed by atoms with E-state index in [1.165, 1.54) is 40.7 Å². The Morgan fingerprint density at radius 3 is 2.00 bits per heavy atom. The molecule has 1 N–H and O–H groups in total. The topological polar surface area (TPSA) is 83.5 Å². The molecular formula is C18H24N2O4S2. The number of hydrogen-bond acceptors (Lipinski definition) is 4. The lowest BCUT2D eigenvalue weighted by molar-refractivity contribution is 0.445. The molecule has 0 aliphatic rings. The van der Waals surface area contributed by atoms with Crippen LogP contribution in [0.4, 0.5) is 5.69 Å². The molecule has 142 valence electrons. The first kappa shape index (κ1) is 20.4. The summed E-state index contributed by atoms with van der Waals surface area (Å²) in [6.07, 6.45) is 0.818. The molecule has 2 rings (SSSR count). The normalized spacial score (nSPS) is 12.3. The number of sulfonamides is 2. The number of anilines is 1. The van der Waals surface area contributed by atoms with Crippen molar-refractivity contribution in [1.29, 1.82) is 0 Å². The molecule has 8 heteroatoms. The molecule has 0 unspecified atom stereocenters. The number of rotatable bonds is 8. The zero-order valence-corrected chi connectivity index (χ0v) is 16.8. The molecule has 2 aromatic rings. The Morgan fingerprint density at radius 1 is 0.846 bits per heavy atom. The summed E-state index contributed by atoms with van der Waals surface area (Å²) >= 11 is 0. The monoisotopic (exact) mass is 396 g/mol.